The summed E-state index contributed by atoms with van der Waals surface area (Å²) < 4.78 is 2.03. The van der Waals surface area contributed by atoms with Crippen LogP contribution in [0.25, 0.3) is 0 Å². The van der Waals surface area contributed by atoms with Crippen LogP contribution in [0.5, 0.6) is 0 Å². The van der Waals surface area contributed by atoms with Gasteiger partial charge in [0.05, 0.1) is 6.04 Å². The van der Waals surface area contributed by atoms with Crippen molar-refractivity contribution < 1.29 is 4.79 Å². The van der Waals surface area contributed by atoms with Crippen LogP contribution in [-0.4, -0.2) is 23.6 Å². The van der Waals surface area contributed by atoms with Crippen molar-refractivity contribution in [1.29, 1.82) is 0 Å². The Balaban J connectivity index is 2.41. The normalized spacial score (nSPS) is 12.5. The molecule has 0 spiro atoms. The Hall–Kier alpha value is -1.29. The van der Waals surface area contributed by atoms with E-state index in [9.17, 15) is 4.79 Å². The first kappa shape index (κ1) is 10.8. The number of amides is 1. The molecule has 0 saturated carbocycles. The molecule has 0 fully saturated rings. The maximum Gasteiger partial charge on any atom is 0.236 e. The van der Waals surface area contributed by atoms with Crippen molar-refractivity contribution in [3.8, 4) is 0 Å². The molecule has 78 valence electrons. The van der Waals surface area contributed by atoms with E-state index >= 15 is 0 Å². The molecule has 2 N–H and O–H groups in total. The standard InChI is InChI=1S/C10H17N3O/c1-8(10(14)11-2)12-7-9-5-4-6-13(9)3/h4-6,8,12H,7H2,1-3H3,(H,11,14). The van der Waals surface area contributed by atoms with Gasteiger partial charge in [-0.1, -0.05) is 0 Å². The number of aromatic nitrogens is 1. The Morgan fingerprint density at radius 3 is 2.86 bits per heavy atom. The highest BCUT2D eigenvalue weighted by Crippen LogP contribution is 1.99. The van der Waals surface area contributed by atoms with Gasteiger partial charge in [-0.05, 0) is 19.1 Å². The van der Waals surface area contributed by atoms with Crippen LogP contribution in [-0.2, 0) is 18.4 Å². The quantitative estimate of drug-likeness (QED) is 0.723. The summed E-state index contributed by atoms with van der Waals surface area (Å²) in [6.07, 6.45) is 1.99. The Labute approximate surface area is 84.3 Å². The zero-order valence-corrected chi connectivity index (χ0v) is 8.87. The number of likely N-dealkylation sites (N-methyl/N-ethyl adjacent to an activating group) is 1. The van der Waals surface area contributed by atoms with Crippen LogP contribution in [0.1, 0.15) is 12.6 Å². The van der Waals surface area contributed by atoms with Gasteiger partial charge < -0.3 is 15.2 Å². The first-order valence-corrected chi connectivity index (χ1v) is 4.70. The third-order valence-electron chi connectivity index (χ3n) is 2.28. The second-order valence-electron chi connectivity index (χ2n) is 3.33. The minimum absolute atomic E-state index is 0.0132. The van der Waals surface area contributed by atoms with Gasteiger partial charge in [0.1, 0.15) is 0 Å². The Bertz CT molecular complexity index is 306. The minimum Gasteiger partial charge on any atom is -0.358 e. The summed E-state index contributed by atoms with van der Waals surface area (Å²) in [6.45, 7) is 2.56. The fourth-order valence-electron chi connectivity index (χ4n) is 1.25. The SMILES string of the molecule is CNC(=O)C(C)NCc1cccn1C. The van der Waals surface area contributed by atoms with E-state index in [1.165, 1.54) is 5.69 Å². The molecule has 0 saturated heterocycles. The average molecular weight is 195 g/mol. The van der Waals surface area contributed by atoms with E-state index in [1.807, 2.05) is 36.9 Å². The number of carbonyl (C=O) groups excluding carboxylic acids is 1. The molecule has 1 amide bonds. The monoisotopic (exact) mass is 195 g/mol. The number of hydrogen-bond acceptors (Lipinski definition) is 2. The van der Waals surface area contributed by atoms with Gasteiger partial charge in [-0.25, -0.2) is 0 Å². The lowest BCUT2D eigenvalue weighted by Crippen LogP contribution is -2.40. The van der Waals surface area contributed by atoms with E-state index in [0.29, 0.717) is 6.54 Å². The van der Waals surface area contributed by atoms with Crippen LogP contribution in [0.2, 0.25) is 0 Å². The van der Waals surface area contributed by atoms with E-state index in [-0.39, 0.29) is 11.9 Å². The minimum atomic E-state index is -0.158. The van der Waals surface area contributed by atoms with Crippen molar-refractivity contribution in [3.63, 3.8) is 0 Å². The molecule has 0 aromatic carbocycles. The lowest BCUT2D eigenvalue weighted by Gasteiger charge is -2.12. The Morgan fingerprint density at radius 2 is 2.36 bits per heavy atom. The molecule has 1 aromatic heterocycles. The lowest BCUT2D eigenvalue weighted by molar-refractivity contribution is -0.122. The van der Waals surface area contributed by atoms with E-state index < -0.39 is 0 Å². The van der Waals surface area contributed by atoms with Crippen molar-refractivity contribution in [2.24, 2.45) is 7.05 Å². The maximum atomic E-state index is 11.2. The molecular formula is C10H17N3O. The highest BCUT2D eigenvalue weighted by molar-refractivity contribution is 5.80. The molecule has 1 unspecified atom stereocenters. The van der Waals surface area contributed by atoms with Gasteiger partial charge in [0.2, 0.25) is 5.91 Å². The molecule has 1 heterocycles. The first-order chi connectivity index (χ1) is 6.65. The largest absolute Gasteiger partial charge is 0.358 e. The number of nitrogens with zero attached hydrogens (tertiary/aromatic N) is 1. The third kappa shape index (κ3) is 2.60. The van der Waals surface area contributed by atoms with Gasteiger partial charge in [0, 0.05) is 32.5 Å². The van der Waals surface area contributed by atoms with Gasteiger partial charge in [-0.3, -0.25) is 4.79 Å². The molecule has 1 aromatic rings. The fraction of sp³-hybridized carbons (Fsp3) is 0.500. The summed E-state index contributed by atoms with van der Waals surface area (Å²) in [5, 5.41) is 5.74. The first-order valence-electron chi connectivity index (χ1n) is 4.70. The molecule has 1 atom stereocenters. The molecule has 0 bridgehead atoms. The van der Waals surface area contributed by atoms with Crippen LogP contribution < -0.4 is 10.6 Å². The van der Waals surface area contributed by atoms with Gasteiger partial charge in [0.25, 0.3) is 0 Å². The van der Waals surface area contributed by atoms with E-state index in [0.717, 1.165) is 0 Å². The molecule has 0 radical (unpaired) electrons. The van der Waals surface area contributed by atoms with Crippen molar-refractivity contribution >= 4 is 5.91 Å². The number of aryl methyl sites for hydroxylation is 1. The van der Waals surface area contributed by atoms with Gasteiger partial charge in [0.15, 0.2) is 0 Å². The number of nitrogens with one attached hydrogen (secondary N) is 2. The van der Waals surface area contributed by atoms with E-state index in [2.05, 4.69) is 10.6 Å². The van der Waals surface area contributed by atoms with Crippen LogP contribution in [0.3, 0.4) is 0 Å². The van der Waals surface area contributed by atoms with E-state index in [4.69, 9.17) is 0 Å². The number of carbonyl (C=O) groups is 1. The van der Waals surface area contributed by atoms with Crippen LogP contribution in [0.4, 0.5) is 0 Å². The zero-order valence-electron chi connectivity index (χ0n) is 8.87. The predicted octanol–water partition coefficient (Wildman–Crippen LogP) is 0.249. The maximum absolute atomic E-state index is 11.2. The van der Waals surface area contributed by atoms with Crippen LogP contribution >= 0.6 is 0 Å². The summed E-state index contributed by atoms with van der Waals surface area (Å²) in [5.74, 6) is 0.0132. The molecule has 4 heteroatoms. The highest BCUT2D eigenvalue weighted by Gasteiger charge is 2.09. The van der Waals surface area contributed by atoms with Crippen molar-refractivity contribution in [3.05, 3.63) is 24.0 Å². The average Bonchev–Trinajstić information content (AvgIpc) is 2.59. The summed E-state index contributed by atoms with van der Waals surface area (Å²) >= 11 is 0. The van der Waals surface area contributed by atoms with Gasteiger partial charge in [-0.2, -0.15) is 0 Å². The molecule has 1 rings (SSSR count). The summed E-state index contributed by atoms with van der Waals surface area (Å²) in [7, 11) is 3.63. The molecule has 0 aliphatic rings. The third-order valence-corrected chi connectivity index (χ3v) is 2.28. The van der Waals surface area contributed by atoms with Crippen molar-refractivity contribution in [1.82, 2.24) is 15.2 Å². The summed E-state index contributed by atoms with van der Waals surface area (Å²) in [4.78, 5) is 11.2. The van der Waals surface area contributed by atoms with E-state index in [1.54, 1.807) is 7.05 Å². The van der Waals surface area contributed by atoms with Crippen molar-refractivity contribution in [2.75, 3.05) is 7.05 Å². The molecule has 4 nitrogen and oxygen atoms in total. The fourth-order valence-corrected chi connectivity index (χ4v) is 1.25. The summed E-state index contributed by atoms with van der Waals surface area (Å²) in [6, 6.07) is 3.86. The second kappa shape index (κ2) is 4.81. The Kier molecular flexibility index (Phi) is 3.71. The topological polar surface area (TPSA) is 46.1 Å². The van der Waals surface area contributed by atoms with Crippen molar-refractivity contribution in [2.45, 2.75) is 19.5 Å². The van der Waals surface area contributed by atoms with Gasteiger partial charge >= 0.3 is 0 Å². The van der Waals surface area contributed by atoms with Gasteiger partial charge in [-0.15, -0.1) is 0 Å². The molecule has 0 aliphatic heterocycles. The second-order valence-corrected chi connectivity index (χ2v) is 3.33. The predicted molar refractivity (Wildman–Crippen MR) is 55.8 cm³/mol. The molecular weight excluding hydrogens is 178 g/mol. The number of rotatable bonds is 4. The van der Waals surface area contributed by atoms with Crippen LogP contribution in [0.15, 0.2) is 18.3 Å². The smallest absolute Gasteiger partial charge is 0.236 e. The Morgan fingerprint density at radius 1 is 1.64 bits per heavy atom. The highest BCUT2D eigenvalue weighted by atomic mass is 16.2. The molecule has 14 heavy (non-hydrogen) atoms. The molecule has 0 aliphatic carbocycles. The lowest BCUT2D eigenvalue weighted by atomic mass is 10.3. The summed E-state index contributed by atoms with van der Waals surface area (Å²) in [5.41, 5.74) is 1.17. The zero-order chi connectivity index (χ0) is 10.6. The number of hydrogen-bond donors (Lipinski definition) is 2. The van der Waals surface area contributed by atoms with Crippen LogP contribution in [0, 0.1) is 0 Å².